The van der Waals surface area contributed by atoms with E-state index in [0.29, 0.717) is 12.8 Å². The molecule has 1 aliphatic heterocycles. The molecule has 0 unspecified atom stereocenters. The van der Waals surface area contributed by atoms with Crippen molar-refractivity contribution in [2.24, 2.45) is 11.3 Å². The fourth-order valence-electron chi connectivity index (χ4n) is 6.32. The number of fused-ring (bicyclic) bond motifs is 1. The van der Waals surface area contributed by atoms with E-state index in [0.717, 1.165) is 0 Å². The van der Waals surface area contributed by atoms with Crippen molar-refractivity contribution in [3.63, 3.8) is 0 Å². The maximum Gasteiger partial charge on any atom is 0.338 e. The highest BCUT2D eigenvalue weighted by Gasteiger charge is 2.76. The Morgan fingerprint density at radius 3 is 2.08 bits per heavy atom. The molecule has 11 heteroatoms. The molecule has 7 atom stereocenters. The monoisotopic (exact) mass is 532 g/mol. The molecule has 0 radical (unpaired) electrons. The summed E-state index contributed by atoms with van der Waals surface area (Å²) in [5.74, 6) is -3.63. The highest BCUT2D eigenvalue weighted by atomic mass is 16.6. The summed E-state index contributed by atoms with van der Waals surface area (Å²) in [4.78, 5) is 62.1. The fourth-order valence-corrected chi connectivity index (χ4v) is 6.32. The van der Waals surface area contributed by atoms with Crippen LogP contribution in [0.1, 0.15) is 57.3 Å². The van der Waals surface area contributed by atoms with Gasteiger partial charge in [0.2, 0.25) is 0 Å². The summed E-state index contributed by atoms with van der Waals surface area (Å²) in [6, 6.07) is 8.32. The number of ether oxygens (including phenoxy) is 6. The van der Waals surface area contributed by atoms with E-state index in [1.165, 1.54) is 27.7 Å². The number of hydrogen-bond donors (Lipinski definition) is 0. The molecule has 3 fully saturated rings. The van der Waals surface area contributed by atoms with Crippen LogP contribution in [0.5, 0.6) is 0 Å². The zero-order chi connectivity index (χ0) is 27.7. The topological polar surface area (TPSA) is 141 Å². The summed E-state index contributed by atoms with van der Waals surface area (Å²) < 4.78 is 35.1. The van der Waals surface area contributed by atoms with Gasteiger partial charge in [-0.25, -0.2) is 4.79 Å². The molecule has 1 aromatic carbocycles. The second kappa shape index (κ2) is 10.7. The minimum atomic E-state index is -1.55. The lowest BCUT2D eigenvalue weighted by Crippen LogP contribution is -2.75. The summed E-state index contributed by atoms with van der Waals surface area (Å²) >= 11 is 0. The van der Waals surface area contributed by atoms with Crippen molar-refractivity contribution in [1.82, 2.24) is 0 Å². The Labute approximate surface area is 220 Å². The summed E-state index contributed by atoms with van der Waals surface area (Å²) in [5, 5.41) is 0. The summed E-state index contributed by atoms with van der Waals surface area (Å²) in [5.41, 5.74) is -2.35. The first-order chi connectivity index (χ1) is 18.0. The van der Waals surface area contributed by atoms with E-state index >= 15 is 0 Å². The molecule has 2 aliphatic carbocycles. The minimum absolute atomic E-state index is 0.164. The van der Waals surface area contributed by atoms with Crippen LogP contribution in [0.3, 0.4) is 0 Å². The Morgan fingerprint density at radius 1 is 0.842 bits per heavy atom. The first-order valence-electron chi connectivity index (χ1n) is 12.5. The molecule has 1 spiro atoms. The van der Waals surface area contributed by atoms with Gasteiger partial charge in [-0.3, -0.25) is 19.2 Å². The van der Waals surface area contributed by atoms with Crippen molar-refractivity contribution < 1.29 is 52.4 Å². The standard InChI is InChI=1S/C27H32O11/c1-15(28)33-14-27-23(36-17(3)30)21(35-16(2)29)10-11-26(27)12-20(13-34-26)22(24(27)37-18(4)31)38-25(32)19-8-6-5-7-9-19/h5-9,20-24H,10-14H2,1-4H3/t20-,21+,22+,23+,24+,26-,27+/m1/s1. The molecule has 206 valence electrons. The van der Waals surface area contributed by atoms with Crippen LogP contribution in [0.4, 0.5) is 0 Å². The predicted octanol–water partition coefficient (Wildman–Crippen LogP) is 2.14. The van der Waals surface area contributed by atoms with Gasteiger partial charge in [-0.2, -0.15) is 0 Å². The Morgan fingerprint density at radius 2 is 1.47 bits per heavy atom. The van der Waals surface area contributed by atoms with Gasteiger partial charge >= 0.3 is 29.8 Å². The van der Waals surface area contributed by atoms with Gasteiger partial charge in [-0.15, -0.1) is 0 Å². The molecule has 0 aromatic heterocycles. The molecule has 3 aliphatic rings. The van der Waals surface area contributed by atoms with Crippen LogP contribution in [-0.4, -0.2) is 73.1 Å². The van der Waals surface area contributed by atoms with Crippen molar-refractivity contribution in [2.45, 2.75) is 77.0 Å². The lowest BCUT2D eigenvalue weighted by atomic mass is 9.51. The lowest BCUT2D eigenvalue weighted by Gasteiger charge is -2.60. The molecule has 0 N–H and O–H groups in total. The maximum absolute atomic E-state index is 13.2. The quantitative estimate of drug-likeness (QED) is 0.377. The zero-order valence-electron chi connectivity index (χ0n) is 21.8. The highest BCUT2D eigenvalue weighted by Crippen LogP contribution is 2.62. The molecule has 38 heavy (non-hydrogen) atoms. The average molecular weight is 533 g/mol. The van der Waals surface area contributed by atoms with E-state index in [4.69, 9.17) is 28.4 Å². The molecule has 2 saturated carbocycles. The average Bonchev–Trinajstić information content (AvgIpc) is 3.24. The number of rotatable bonds is 7. The third-order valence-electron chi connectivity index (χ3n) is 7.63. The first-order valence-corrected chi connectivity index (χ1v) is 12.5. The zero-order valence-corrected chi connectivity index (χ0v) is 21.8. The van der Waals surface area contributed by atoms with Gasteiger partial charge in [-0.05, 0) is 31.4 Å². The maximum atomic E-state index is 13.2. The van der Waals surface area contributed by atoms with Gasteiger partial charge in [-0.1, -0.05) is 18.2 Å². The fraction of sp³-hybridized carbons (Fsp3) is 0.593. The molecule has 1 aromatic rings. The van der Waals surface area contributed by atoms with Gasteiger partial charge in [0.15, 0.2) is 12.2 Å². The van der Waals surface area contributed by atoms with Gasteiger partial charge in [0.1, 0.15) is 24.2 Å². The number of carbonyl (C=O) groups is 5. The van der Waals surface area contributed by atoms with E-state index in [9.17, 15) is 24.0 Å². The van der Waals surface area contributed by atoms with Gasteiger partial charge in [0, 0.05) is 33.6 Å². The highest BCUT2D eigenvalue weighted by molar-refractivity contribution is 5.89. The molecule has 1 heterocycles. The Balaban J connectivity index is 1.87. The largest absolute Gasteiger partial charge is 0.465 e. The van der Waals surface area contributed by atoms with Gasteiger partial charge in [0.05, 0.1) is 17.8 Å². The van der Waals surface area contributed by atoms with Crippen molar-refractivity contribution in [3.05, 3.63) is 35.9 Å². The van der Waals surface area contributed by atoms with E-state index < -0.39 is 71.9 Å². The molecule has 0 amide bonds. The van der Waals surface area contributed by atoms with Crippen LogP contribution in [0, 0.1) is 11.3 Å². The molecule has 4 rings (SSSR count). The van der Waals surface area contributed by atoms with E-state index in [2.05, 4.69) is 0 Å². The lowest BCUT2D eigenvalue weighted by molar-refractivity contribution is -0.289. The normalized spacial score (nSPS) is 33.3. The second-order valence-corrected chi connectivity index (χ2v) is 10.1. The van der Waals surface area contributed by atoms with Crippen LogP contribution < -0.4 is 0 Å². The summed E-state index contributed by atoms with van der Waals surface area (Å²) in [6.45, 7) is 4.60. The van der Waals surface area contributed by atoms with Crippen LogP contribution in [0.25, 0.3) is 0 Å². The Hall–Kier alpha value is -3.47. The van der Waals surface area contributed by atoms with Crippen molar-refractivity contribution >= 4 is 29.8 Å². The third-order valence-corrected chi connectivity index (χ3v) is 7.63. The van der Waals surface area contributed by atoms with Crippen LogP contribution in [0.2, 0.25) is 0 Å². The van der Waals surface area contributed by atoms with E-state index in [1.807, 2.05) is 0 Å². The van der Waals surface area contributed by atoms with Crippen molar-refractivity contribution in [3.8, 4) is 0 Å². The second-order valence-electron chi connectivity index (χ2n) is 10.1. The SMILES string of the molecule is CC(=O)OC[C@]12[C@@H](OC(C)=O)[C@@H](OC(=O)c3ccccc3)[C@H]3CO[C@]1(CC[C@H](OC(C)=O)[C@@H]2OC(C)=O)C3. The number of benzene rings is 1. The smallest absolute Gasteiger partial charge is 0.338 e. The van der Waals surface area contributed by atoms with Crippen molar-refractivity contribution in [2.75, 3.05) is 13.2 Å². The third kappa shape index (κ3) is 4.99. The number of carbonyl (C=O) groups excluding carboxylic acids is 5. The summed E-state index contributed by atoms with van der Waals surface area (Å²) in [6.07, 6.45) is -3.52. The first kappa shape index (κ1) is 27.6. The Kier molecular flexibility index (Phi) is 7.78. The van der Waals surface area contributed by atoms with Crippen LogP contribution >= 0.6 is 0 Å². The minimum Gasteiger partial charge on any atom is -0.465 e. The van der Waals surface area contributed by atoms with E-state index in [-0.39, 0.29) is 24.5 Å². The Bertz CT molecular complexity index is 1100. The van der Waals surface area contributed by atoms with Gasteiger partial charge < -0.3 is 28.4 Å². The van der Waals surface area contributed by atoms with E-state index in [1.54, 1.807) is 30.3 Å². The van der Waals surface area contributed by atoms with Crippen molar-refractivity contribution in [1.29, 1.82) is 0 Å². The number of esters is 5. The molecular weight excluding hydrogens is 500 g/mol. The number of hydrogen-bond acceptors (Lipinski definition) is 11. The molecule has 1 saturated heterocycles. The van der Waals surface area contributed by atoms with Crippen LogP contribution in [-0.2, 0) is 47.6 Å². The predicted molar refractivity (Wildman–Crippen MR) is 127 cm³/mol. The molecule has 11 nitrogen and oxygen atoms in total. The molecule has 2 bridgehead atoms. The van der Waals surface area contributed by atoms with Crippen LogP contribution in [0.15, 0.2) is 30.3 Å². The molecular formula is C27H32O11. The van der Waals surface area contributed by atoms with Gasteiger partial charge in [0.25, 0.3) is 0 Å². The summed E-state index contributed by atoms with van der Waals surface area (Å²) in [7, 11) is 0.